The molecule has 0 radical (unpaired) electrons. The summed E-state index contributed by atoms with van der Waals surface area (Å²) in [7, 11) is 6.24. The van der Waals surface area contributed by atoms with Crippen molar-refractivity contribution in [1.29, 1.82) is 0 Å². The van der Waals surface area contributed by atoms with E-state index in [9.17, 15) is 4.79 Å². The maximum absolute atomic E-state index is 13.5. The molecule has 2 N–H and O–H groups in total. The second-order valence-corrected chi connectivity index (χ2v) is 7.78. The van der Waals surface area contributed by atoms with Crippen molar-refractivity contribution < 1.29 is 18.9 Å². The number of guanidine groups is 1. The van der Waals surface area contributed by atoms with E-state index in [2.05, 4.69) is 15.6 Å². The van der Waals surface area contributed by atoms with Gasteiger partial charge in [0.2, 0.25) is 17.7 Å². The van der Waals surface area contributed by atoms with Crippen molar-refractivity contribution in [3.8, 4) is 23.0 Å². The lowest BCUT2D eigenvalue weighted by Crippen LogP contribution is -2.39. The molecule has 1 aliphatic rings. The second kappa shape index (κ2) is 9.96. The Morgan fingerprint density at radius 2 is 1.69 bits per heavy atom. The molecule has 2 heterocycles. The molecule has 10 nitrogen and oxygen atoms in total. The maximum atomic E-state index is 13.5. The van der Waals surface area contributed by atoms with Crippen LogP contribution in [-0.2, 0) is 6.42 Å². The first-order chi connectivity index (χ1) is 16.9. The number of nitrogens with one attached hydrogen (secondary N) is 2. The summed E-state index contributed by atoms with van der Waals surface area (Å²) in [6.45, 7) is 3.76. The lowest BCUT2D eigenvalue weighted by molar-refractivity contribution is 0.319. The lowest BCUT2D eigenvalue weighted by atomic mass is 10.1. The molecular formula is C25H29N5O5. The van der Waals surface area contributed by atoms with Gasteiger partial charge in [0.25, 0.3) is 5.56 Å². The number of hydrogen-bond acceptors (Lipinski definition) is 9. The Kier molecular flexibility index (Phi) is 6.81. The Morgan fingerprint density at radius 3 is 2.29 bits per heavy atom. The van der Waals surface area contributed by atoms with Crippen LogP contribution in [0, 0.1) is 6.92 Å². The predicted molar refractivity (Wildman–Crippen MR) is 135 cm³/mol. The summed E-state index contributed by atoms with van der Waals surface area (Å²) in [4.78, 5) is 23.1. The van der Waals surface area contributed by atoms with Crippen molar-refractivity contribution in [2.45, 2.75) is 26.4 Å². The van der Waals surface area contributed by atoms with Crippen LogP contribution in [0.1, 0.15) is 29.9 Å². The minimum atomic E-state index is -0.771. The Hall–Kier alpha value is -4.21. The molecule has 0 aliphatic carbocycles. The molecule has 0 spiro atoms. The Bertz CT molecular complexity index is 1320. The number of aromatic nitrogens is 2. The van der Waals surface area contributed by atoms with E-state index >= 15 is 0 Å². The minimum Gasteiger partial charge on any atom is -0.497 e. The topological polar surface area (TPSA) is 108 Å². The van der Waals surface area contributed by atoms with Crippen LogP contribution in [0.5, 0.6) is 23.0 Å². The van der Waals surface area contributed by atoms with E-state index in [0.29, 0.717) is 52.4 Å². The molecule has 2 aromatic carbocycles. The summed E-state index contributed by atoms with van der Waals surface area (Å²) in [6.07, 6.45) is -0.221. The van der Waals surface area contributed by atoms with Gasteiger partial charge in [-0.2, -0.15) is 0 Å². The quantitative estimate of drug-likeness (QED) is 0.529. The van der Waals surface area contributed by atoms with Gasteiger partial charge in [-0.1, -0.05) is 6.92 Å². The molecule has 0 fully saturated rings. The Labute approximate surface area is 203 Å². The minimum absolute atomic E-state index is 0.170. The largest absolute Gasteiger partial charge is 0.497 e. The molecule has 3 aromatic rings. The van der Waals surface area contributed by atoms with Gasteiger partial charge in [-0.25, -0.2) is 9.98 Å². The van der Waals surface area contributed by atoms with Gasteiger partial charge in [0.1, 0.15) is 5.75 Å². The normalized spacial score (nSPS) is 14.3. The number of fused-ring (bicyclic) bond motifs is 1. The first kappa shape index (κ1) is 23.9. The van der Waals surface area contributed by atoms with Crippen LogP contribution in [-0.4, -0.2) is 43.9 Å². The number of ether oxygens (including phenoxy) is 4. The third-order valence-electron chi connectivity index (χ3n) is 5.86. The number of methoxy groups -OCH3 is 4. The summed E-state index contributed by atoms with van der Waals surface area (Å²) < 4.78 is 23.5. The Balaban J connectivity index is 1.90. The molecule has 0 saturated carbocycles. The molecular weight excluding hydrogens is 450 g/mol. The van der Waals surface area contributed by atoms with Crippen LogP contribution in [0.2, 0.25) is 0 Å². The van der Waals surface area contributed by atoms with Gasteiger partial charge in [0.05, 0.1) is 28.4 Å². The number of aryl methyl sites for hydroxylation is 1. The summed E-state index contributed by atoms with van der Waals surface area (Å²) in [5.41, 5.74) is 2.53. The average Bonchev–Trinajstić information content (AvgIpc) is 2.87. The van der Waals surface area contributed by atoms with Crippen molar-refractivity contribution in [3.63, 3.8) is 0 Å². The molecule has 184 valence electrons. The SMILES string of the molecule is CCc1c(C)nc2n(c1=O)[C@H](c1ccc(OC)c(OC)c1OC)N=C(Nc1ccc(OC)cc1)N2. The maximum Gasteiger partial charge on any atom is 0.260 e. The van der Waals surface area contributed by atoms with Crippen molar-refractivity contribution >= 4 is 17.6 Å². The van der Waals surface area contributed by atoms with Gasteiger partial charge >= 0.3 is 0 Å². The molecule has 1 aromatic heterocycles. The predicted octanol–water partition coefficient (Wildman–Crippen LogP) is 3.59. The van der Waals surface area contributed by atoms with E-state index in [4.69, 9.17) is 23.9 Å². The Morgan fingerprint density at radius 1 is 0.971 bits per heavy atom. The van der Waals surface area contributed by atoms with E-state index < -0.39 is 6.17 Å². The second-order valence-electron chi connectivity index (χ2n) is 7.78. The van der Waals surface area contributed by atoms with E-state index in [1.54, 1.807) is 20.3 Å². The molecule has 35 heavy (non-hydrogen) atoms. The molecule has 0 unspecified atom stereocenters. The lowest BCUT2D eigenvalue weighted by Gasteiger charge is -2.29. The van der Waals surface area contributed by atoms with Crippen LogP contribution in [0.3, 0.4) is 0 Å². The van der Waals surface area contributed by atoms with Gasteiger partial charge in [0, 0.05) is 22.5 Å². The van der Waals surface area contributed by atoms with E-state index in [1.807, 2.05) is 44.2 Å². The van der Waals surface area contributed by atoms with Crippen LogP contribution >= 0.6 is 0 Å². The highest BCUT2D eigenvalue weighted by Gasteiger charge is 2.31. The fourth-order valence-corrected chi connectivity index (χ4v) is 4.13. The van der Waals surface area contributed by atoms with Crippen molar-refractivity contribution in [1.82, 2.24) is 9.55 Å². The number of nitrogens with zero attached hydrogens (tertiary/aromatic N) is 3. The summed E-state index contributed by atoms with van der Waals surface area (Å²) in [5, 5.41) is 6.42. The average molecular weight is 480 g/mol. The zero-order valence-electron chi connectivity index (χ0n) is 20.6. The summed E-state index contributed by atoms with van der Waals surface area (Å²) in [5.74, 6) is 2.87. The van der Waals surface area contributed by atoms with Crippen LogP contribution in [0.15, 0.2) is 46.2 Å². The zero-order chi connectivity index (χ0) is 25.1. The van der Waals surface area contributed by atoms with Gasteiger partial charge < -0.3 is 24.3 Å². The first-order valence-electron chi connectivity index (χ1n) is 11.1. The third kappa shape index (κ3) is 4.34. The highest BCUT2D eigenvalue weighted by molar-refractivity contribution is 6.03. The molecule has 1 aliphatic heterocycles. The zero-order valence-corrected chi connectivity index (χ0v) is 20.6. The van der Waals surface area contributed by atoms with Crippen molar-refractivity contribution in [2.24, 2.45) is 4.99 Å². The first-order valence-corrected chi connectivity index (χ1v) is 11.1. The number of aliphatic imine (C=N–C) groups is 1. The van der Waals surface area contributed by atoms with E-state index in [1.165, 1.54) is 18.8 Å². The standard InChI is InChI=1S/C25H29N5O5/c1-7-17-14(2)26-25-29-24(27-15-8-10-16(32-3)11-9-15)28-22(30(25)23(17)31)18-12-13-19(33-4)21(35-6)20(18)34-5/h8-13,22H,7H2,1-6H3,(H2,26,27,28,29)/t22-/m1/s1. The van der Waals surface area contributed by atoms with Crippen LogP contribution in [0.4, 0.5) is 11.6 Å². The molecule has 0 amide bonds. The molecule has 4 rings (SSSR count). The van der Waals surface area contributed by atoms with Gasteiger partial charge in [-0.15, -0.1) is 0 Å². The van der Waals surface area contributed by atoms with Gasteiger partial charge in [-0.05, 0) is 49.7 Å². The van der Waals surface area contributed by atoms with E-state index in [-0.39, 0.29) is 5.56 Å². The third-order valence-corrected chi connectivity index (χ3v) is 5.86. The smallest absolute Gasteiger partial charge is 0.260 e. The fourth-order valence-electron chi connectivity index (χ4n) is 4.13. The molecule has 1 atom stereocenters. The van der Waals surface area contributed by atoms with Crippen molar-refractivity contribution in [3.05, 3.63) is 63.6 Å². The molecule has 0 bridgehead atoms. The van der Waals surface area contributed by atoms with Crippen molar-refractivity contribution in [2.75, 3.05) is 39.1 Å². The van der Waals surface area contributed by atoms with Gasteiger partial charge in [0.15, 0.2) is 17.7 Å². The molecule has 0 saturated heterocycles. The molecule has 10 heteroatoms. The van der Waals surface area contributed by atoms with E-state index in [0.717, 1.165) is 11.4 Å². The summed E-state index contributed by atoms with van der Waals surface area (Å²) in [6, 6.07) is 11.0. The number of anilines is 2. The fraction of sp³-hybridized carbons (Fsp3) is 0.320. The monoisotopic (exact) mass is 479 g/mol. The van der Waals surface area contributed by atoms with Gasteiger partial charge in [-0.3, -0.25) is 14.7 Å². The highest BCUT2D eigenvalue weighted by Crippen LogP contribution is 2.44. The number of benzene rings is 2. The number of rotatable bonds is 7. The van der Waals surface area contributed by atoms with Crippen LogP contribution < -0.4 is 35.1 Å². The summed E-state index contributed by atoms with van der Waals surface area (Å²) >= 11 is 0. The number of hydrogen-bond donors (Lipinski definition) is 2. The highest BCUT2D eigenvalue weighted by atomic mass is 16.5. The van der Waals surface area contributed by atoms with Crippen LogP contribution in [0.25, 0.3) is 0 Å².